The molecule has 0 amide bonds. The van der Waals surface area contributed by atoms with Crippen molar-refractivity contribution in [2.45, 2.75) is 71.7 Å². The van der Waals surface area contributed by atoms with Crippen molar-refractivity contribution in [1.82, 2.24) is 0 Å². The van der Waals surface area contributed by atoms with Crippen LogP contribution in [0.2, 0.25) is 0 Å². The molecule has 0 aliphatic rings. The first-order valence-electron chi connectivity index (χ1n) is 7.55. The van der Waals surface area contributed by atoms with Crippen LogP contribution >= 0.6 is 0 Å². The monoisotopic (exact) mass is 276 g/mol. The maximum atomic E-state index is 9.10. The van der Waals surface area contributed by atoms with Crippen LogP contribution in [0.15, 0.2) is 0 Å². The highest BCUT2D eigenvalue weighted by Gasteiger charge is 2.08. The molecule has 4 nitrogen and oxygen atoms in total. The van der Waals surface area contributed by atoms with Crippen molar-refractivity contribution in [2.24, 2.45) is 0 Å². The minimum absolute atomic E-state index is 0.00149. The molecule has 19 heavy (non-hydrogen) atoms. The molecule has 0 aliphatic carbocycles. The summed E-state index contributed by atoms with van der Waals surface area (Å²) in [6.07, 6.45) is 4.58. The number of ether oxygens (including phenoxy) is 3. The van der Waals surface area contributed by atoms with E-state index in [1.54, 1.807) is 6.92 Å². The van der Waals surface area contributed by atoms with E-state index in [0.717, 1.165) is 13.0 Å². The summed E-state index contributed by atoms with van der Waals surface area (Å²) in [5.74, 6) is 0. The van der Waals surface area contributed by atoms with E-state index in [1.165, 1.54) is 19.3 Å². The highest BCUT2D eigenvalue weighted by atomic mass is 16.6. The fraction of sp³-hybridized carbons (Fsp3) is 1.00. The van der Waals surface area contributed by atoms with Crippen LogP contribution in [0.3, 0.4) is 0 Å². The summed E-state index contributed by atoms with van der Waals surface area (Å²) in [5.41, 5.74) is 0. The Balaban J connectivity index is 3.35. The second-order valence-corrected chi connectivity index (χ2v) is 5.27. The first-order valence-corrected chi connectivity index (χ1v) is 7.55. The number of rotatable bonds is 13. The number of aliphatic hydroxyl groups is 1. The first-order chi connectivity index (χ1) is 9.06. The zero-order valence-electron chi connectivity index (χ0n) is 13.1. The Hall–Kier alpha value is -0.160. The summed E-state index contributed by atoms with van der Waals surface area (Å²) >= 11 is 0. The van der Waals surface area contributed by atoms with Gasteiger partial charge >= 0.3 is 0 Å². The van der Waals surface area contributed by atoms with Gasteiger partial charge in [0, 0.05) is 6.61 Å². The van der Waals surface area contributed by atoms with Crippen LogP contribution in [-0.4, -0.2) is 49.8 Å². The quantitative estimate of drug-likeness (QED) is 0.525. The maximum absolute atomic E-state index is 9.10. The third-order valence-electron chi connectivity index (χ3n) is 2.73. The highest BCUT2D eigenvalue weighted by Crippen LogP contribution is 2.01. The number of aliphatic hydroxyl groups excluding tert-OH is 1. The molecule has 0 rings (SSSR count). The lowest BCUT2D eigenvalue weighted by molar-refractivity contribution is -0.0701. The molecule has 0 bridgehead atoms. The van der Waals surface area contributed by atoms with E-state index in [0.29, 0.717) is 19.8 Å². The second kappa shape index (κ2) is 12.9. The van der Waals surface area contributed by atoms with Crippen LogP contribution in [0.25, 0.3) is 0 Å². The fourth-order valence-corrected chi connectivity index (χ4v) is 1.58. The molecule has 4 heteroatoms. The molecule has 0 radical (unpaired) electrons. The Morgan fingerprint density at radius 3 is 2.11 bits per heavy atom. The van der Waals surface area contributed by atoms with Crippen LogP contribution in [0, 0.1) is 0 Å². The largest absolute Gasteiger partial charge is 0.391 e. The minimum atomic E-state index is -0.425. The predicted molar refractivity (Wildman–Crippen MR) is 77.5 cm³/mol. The lowest BCUT2D eigenvalue weighted by atomic mass is 10.2. The Morgan fingerprint density at radius 2 is 1.47 bits per heavy atom. The van der Waals surface area contributed by atoms with Gasteiger partial charge in [0.15, 0.2) is 0 Å². The third kappa shape index (κ3) is 14.1. The number of hydrogen-bond acceptors (Lipinski definition) is 4. The van der Waals surface area contributed by atoms with Crippen molar-refractivity contribution < 1.29 is 19.3 Å². The van der Waals surface area contributed by atoms with Gasteiger partial charge in [-0.25, -0.2) is 0 Å². The average molecular weight is 276 g/mol. The number of unbranched alkanes of at least 4 members (excludes halogenated alkanes) is 3. The van der Waals surface area contributed by atoms with Crippen molar-refractivity contribution in [3.63, 3.8) is 0 Å². The van der Waals surface area contributed by atoms with E-state index in [4.69, 9.17) is 19.3 Å². The fourth-order valence-electron chi connectivity index (χ4n) is 1.58. The van der Waals surface area contributed by atoms with Gasteiger partial charge in [0.1, 0.15) is 0 Å². The summed E-state index contributed by atoms with van der Waals surface area (Å²) in [7, 11) is 0. The predicted octanol–water partition coefficient (Wildman–Crippen LogP) is 2.77. The minimum Gasteiger partial charge on any atom is -0.391 e. The Bertz CT molecular complexity index is 185. The first kappa shape index (κ1) is 18.8. The van der Waals surface area contributed by atoms with E-state index in [1.807, 2.05) is 13.8 Å². The molecule has 0 aromatic rings. The van der Waals surface area contributed by atoms with Crippen molar-refractivity contribution in [1.29, 1.82) is 0 Å². The zero-order valence-corrected chi connectivity index (χ0v) is 13.1. The topological polar surface area (TPSA) is 47.9 Å². The van der Waals surface area contributed by atoms with Gasteiger partial charge in [-0.05, 0) is 27.2 Å². The van der Waals surface area contributed by atoms with E-state index < -0.39 is 6.10 Å². The molecule has 0 saturated heterocycles. The summed E-state index contributed by atoms with van der Waals surface area (Å²) in [4.78, 5) is 0. The Morgan fingerprint density at radius 1 is 0.842 bits per heavy atom. The van der Waals surface area contributed by atoms with Gasteiger partial charge in [0.05, 0.1) is 38.1 Å². The zero-order chi connectivity index (χ0) is 14.5. The van der Waals surface area contributed by atoms with Gasteiger partial charge in [0.25, 0.3) is 0 Å². The molecule has 1 N–H and O–H groups in total. The van der Waals surface area contributed by atoms with E-state index in [-0.39, 0.29) is 12.2 Å². The molecule has 3 unspecified atom stereocenters. The molecular formula is C15H32O4. The molecule has 3 atom stereocenters. The Labute approximate surface area is 118 Å². The van der Waals surface area contributed by atoms with E-state index >= 15 is 0 Å². The SMILES string of the molecule is CCCCCCOCC(C)OCC(C)OCC(C)O. The van der Waals surface area contributed by atoms with Crippen molar-refractivity contribution in [3.05, 3.63) is 0 Å². The summed E-state index contributed by atoms with van der Waals surface area (Å²) in [6, 6.07) is 0. The summed E-state index contributed by atoms with van der Waals surface area (Å²) in [5, 5.41) is 9.10. The van der Waals surface area contributed by atoms with Crippen molar-refractivity contribution >= 4 is 0 Å². The molecular weight excluding hydrogens is 244 g/mol. The van der Waals surface area contributed by atoms with Gasteiger partial charge in [0.2, 0.25) is 0 Å². The lowest BCUT2D eigenvalue weighted by Crippen LogP contribution is -2.25. The second-order valence-electron chi connectivity index (χ2n) is 5.27. The van der Waals surface area contributed by atoms with Gasteiger partial charge in [-0.1, -0.05) is 26.2 Å². The van der Waals surface area contributed by atoms with Crippen LogP contribution < -0.4 is 0 Å². The molecule has 0 saturated carbocycles. The normalized spacial score (nSPS) is 16.3. The average Bonchev–Trinajstić information content (AvgIpc) is 2.38. The molecule has 0 fully saturated rings. The van der Waals surface area contributed by atoms with Crippen molar-refractivity contribution in [3.8, 4) is 0 Å². The molecule has 116 valence electrons. The van der Waals surface area contributed by atoms with Crippen LogP contribution in [0.4, 0.5) is 0 Å². The molecule has 0 heterocycles. The van der Waals surface area contributed by atoms with E-state index in [2.05, 4.69) is 6.92 Å². The van der Waals surface area contributed by atoms with Crippen molar-refractivity contribution in [2.75, 3.05) is 26.4 Å². The molecule has 0 aromatic carbocycles. The van der Waals surface area contributed by atoms with E-state index in [9.17, 15) is 0 Å². The third-order valence-corrected chi connectivity index (χ3v) is 2.73. The van der Waals surface area contributed by atoms with Gasteiger partial charge < -0.3 is 19.3 Å². The van der Waals surface area contributed by atoms with Crippen LogP contribution in [0.1, 0.15) is 53.4 Å². The standard InChI is InChI=1S/C15H32O4/c1-5-6-7-8-9-17-11-14(3)19-12-15(4)18-10-13(2)16/h13-16H,5-12H2,1-4H3. The molecule has 0 aromatic heterocycles. The molecule has 0 spiro atoms. The van der Waals surface area contributed by atoms with Gasteiger partial charge in [-0.15, -0.1) is 0 Å². The lowest BCUT2D eigenvalue weighted by Gasteiger charge is -2.18. The van der Waals surface area contributed by atoms with Gasteiger partial charge in [-0.3, -0.25) is 0 Å². The summed E-state index contributed by atoms with van der Waals surface area (Å²) in [6.45, 7) is 10.2. The smallest absolute Gasteiger partial charge is 0.0781 e. The summed E-state index contributed by atoms with van der Waals surface area (Å²) < 4.78 is 16.6. The number of hydrogen-bond donors (Lipinski definition) is 1. The Kier molecular flexibility index (Phi) is 12.7. The van der Waals surface area contributed by atoms with Crippen LogP contribution in [0.5, 0.6) is 0 Å². The van der Waals surface area contributed by atoms with Crippen LogP contribution in [-0.2, 0) is 14.2 Å². The van der Waals surface area contributed by atoms with Gasteiger partial charge in [-0.2, -0.15) is 0 Å². The molecule has 0 aliphatic heterocycles. The highest BCUT2D eigenvalue weighted by molar-refractivity contribution is 4.54. The maximum Gasteiger partial charge on any atom is 0.0781 e.